The van der Waals surface area contributed by atoms with Gasteiger partial charge in [-0.05, 0) is 0 Å². The van der Waals surface area contributed by atoms with Crippen LogP contribution < -0.4 is 0 Å². The fourth-order valence-corrected chi connectivity index (χ4v) is 26.1. The molecule has 0 radical (unpaired) electrons. The Kier molecular flexibility index (Phi) is 4.35. The van der Waals surface area contributed by atoms with Crippen molar-refractivity contribution in [3.63, 3.8) is 0 Å². The van der Waals surface area contributed by atoms with Crippen LogP contribution in [-0.4, -0.2) is 5.37 Å². The van der Waals surface area contributed by atoms with Crippen molar-refractivity contribution in [3.8, 4) is 0 Å². The van der Waals surface area contributed by atoms with Crippen LogP contribution in [0, 0.1) is 0 Å². The first-order chi connectivity index (χ1) is 10.9. The molecular weight excluding hydrogens is 490 g/mol. The Balaban J connectivity index is 1.79. The predicted octanol–water partition coefficient (Wildman–Crippen LogP) is 7.14. The average Bonchev–Trinajstić information content (AvgIpc) is 3.10. The number of hydrogen-bond acceptors (Lipinski definition) is 0. The van der Waals surface area contributed by atoms with Crippen molar-refractivity contribution >= 4 is 51.6 Å². The molecule has 1 aliphatic heterocycles. The quantitative estimate of drug-likeness (QED) is 0.375. The molecule has 0 saturated carbocycles. The topological polar surface area (TPSA) is 0 Å². The molecule has 3 aliphatic rings. The van der Waals surface area contributed by atoms with Crippen LogP contribution in [-0.2, 0) is 16.4 Å². The van der Waals surface area contributed by atoms with E-state index in [1.807, 2.05) is 0 Å². The number of allylic oxidation sites excluding steroid dienone is 6. The molecule has 0 aromatic heterocycles. The van der Waals surface area contributed by atoms with Gasteiger partial charge in [-0.3, -0.25) is 0 Å². The fourth-order valence-electron chi connectivity index (χ4n) is 3.51. The second kappa shape index (κ2) is 5.95. The summed E-state index contributed by atoms with van der Waals surface area (Å²) in [6.07, 6.45) is 8.96. The number of hydrogen-bond donors (Lipinski definition) is 0. The molecule has 5 heteroatoms. The van der Waals surface area contributed by atoms with Crippen LogP contribution >= 0.6 is 40.2 Å². The van der Waals surface area contributed by atoms with Gasteiger partial charge < -0.3 is 0 Å². The van der Waals surface area contributed by atoms with Gasteiger partial charge in [-0.2, -0.15) is 0 Å². The summed E-state index contributed by atoms with van der Waals surface area (Å²) >= 11 is 0.157. The Bertz CT molecular complexity index is 890. The van der Waals surface area contributed by atoms with Crippen LogP contribution in [0.2, 0.25) is 0 Å². The van der Waals surface area contributed by atoms with Crippen LogP contribution in [0.3, 0.4) is 0 Å². The average molecular weight is 505 g/mol. The van der Waals surface area contributed by atoms with Crippen LogP contribution in [0.15, 0.2) is 62.5 Å². The van der Waals surface area contributed by atoms with Crippen LogP contribution in [0.25, 0.3) is 6.08 Å². The van der Waals surface area contributed by atoms with Crippen molar-refractivity contribution in [2.24, 2.45) is 0 Å². The number of benzene rings is 1. The zero-order valence-electron chi connectivity index (χ0n) is 12.7. The van der Waals surface area contributed by atoms with E-state index in [1.54, 1.807) is 0 Å². The summed E-state index contributed by atoms with van der Waals surface area (Å²) in [5.41, 5.74) is 6.47. The summed E-state index contributed by atoms with van der Waals surface area (Å²) in [6.45, 7) is 4.31. The summed E-state index contributed by atoms with van der Waals surface area (Å²) in [6, 6.07) is 6.36. The third kappa shape index (κ3) is 2.63. The van der Waals surface area contributed by atoms with Crippen molar-refractivity contribution in [2.75, 3.05) is 0 Å². The van der Waals surface area contributed by atoms with Gasteiger partial charge in [0.1, 0.15) is 0 Å². The Labute approximate surface area is 157 Å². The number of rotatable bonds is 2. The summed E-state index contributed by atoms with van der Waals surface area (Å²) in [5.74, 6) is 0. The second-order valence-electron chi connectivity index (χ2n) is 6.12. The van der Waals surface area contributed by atoms with E-state index >= 15 is 0 Å². The molecule has 2 aliphatic carbocycles. The van der Waals surface area contributed by atoms with E-state index in [2.05, 4.69) is 77.6 Å². The molecule has 0 spiro atoms. The van der Waals surface area contributed by atoms with E-state index in [4.69, 9.17) is 17.0 Å². The third-order valence-electron chi connectivity index (χ3n) is 4.50. The molecule has 2 atom stereocenters. The maximum absolute atomic E-state index is 7.24. The van der Waals surface area contributed by atoms with Crippen LogP contribution in [0.4, 0.5) is 0 Å². The first kappa shape index (κ1) is 16.8. The standard InChI is InChI=1S/C10H8Br.C8H7S.2ClH.Zr/c1-7-5-8-3-2-4-10(11)9(8)6-7;1-6-4-7-2-3-9-8(7)5-6;;;/h2-6H,1H3;2-5H,1H3;2*1H;/q;+1;;;+1/p-2. The Hall–Kier alpha value is 0.343. The van der Waals surface area contributed by atoms with Crippen LogP contribution in [0.5, 0.6) is 0 Å². The van der Waals surface area contributed by atoms with Gasteiger partial charge in [0, 0.05) is 0 Å². The van der Waals surface area contributed by atoms with Gasteiger partial charge in [0.25, 0.3) is 0 Å². The second-order valence-corrected chi connectivity index (χ2v) is 30.4. The molecule has 0 saturated heterocycles. The van der Waals surface area contributed by atoms with Crippen molar-refractivity contribution in [1.82, 2.24) is 0 Å². The third-order valence-corrected chi connectivity index (χ3v) is 27.4. The van der Waals surface area contributed by atoms with Gasteiger partial charge in [0.15, 0.2) is 0 Å². The molecule has 0 amide bonds. The summed E-state index contributed by atoms with van der Waals surface area (Å²) < 4.78 is 1.34. The fraction of sp³-hybridized carbons (Fsp3) is 0.167. The van der Waals surface area contributed by atoms with Gasteiger partial charge in [-0.1, -0.05) is 0 Å². The molecule has 0 nitrogen and oxygen atoms in total. The SMILES string of the molecule is CC1=CC2=CC=[S]([Zr]([Cl])([Cl])[CH]3C(C)=Cc4c(Br)cccc43)C2=C1. The summed E-state index contributed by atoms with van der Waals surface area (Å²) in [5, 5.41) is 2.27. The molecule has 2 unspecified atom stereocenters. The molecule has 118 valence electrons. The van der Waals surface area contributed by atoms with E-state index in [1.165, 1.54) is 32.8 Å². The normalized spacial score (nSPS) is 25.3. The van der Waals surface area contributed by atoms with Gasteiger partial charge in [0.05, 0.1) is 0 Å². The Morgan fingerprint density at radius 1 is 1.13 bits per heavy atom. The van der Waals surface area contributed by atoms with Gasteiger partial charge >= 0.3 is 159 Å². The van der Waals surface area contributed by atoms with Crippen molar-refractivity contribution in [1.29, 1.82) is 0 Å². The number of fused-ring (bicyclic) bond motifs is 2. The maximum atomic E-state index is 7.24. The molecule has 23 heavy (non-hydrogen) atoms. The summed E-state index contributed by atoms with van der Waals surface area (Å²) in [7, 11) is 14.4. The molecule has 1 aromatic rings. The Morgan fingerprint density at radius 3 is 2.70 bits per heavy atom. The molecule has 0 fully saturated rings. The minimum atomic E-state index is -3.51. The molecular formula is C18H15BrCl2SZr. The molecule has 1 aromatic carbocycles. The zero-order chi connectivity index (χ0) is 16.4. The summed E-state index contributed by atoms with van der Waals surface area (Å²) in [4.78, 5) is 1.36. The van der Waals surface area contributed by atoms with Crippen molar-refractivity contribution in [3.05, 3.63) is 73.7 Å². The van der Waals surface area contributed by atoms with Crippen molar-refractivity contribution < 1.29 is 16.4 Å². The molecule has 0 N–H and O–H groups in total. The predicted molar refractivity (Wildman–Crippen MR) is 106 cm³/mol. The first-order valence-electron chi connectivity index (χ1n) is 7.42. The minimum absolute atomic E-state index is 0.112. The molecule has 1 heterocycles. The van der Waals surface area contributed by atoms with E-state index in [0.717, 1.165) is 4.47 Å². The van der Waals surface area contributed by atoms with E-state index in [-0.39, 0.29) is 10.9 Å². The van der Waals surface area contributed by atoms with E-state index < -0.39 is 16.4 Å². The van der Waals surface area contributed by atoms with Gasteiger partial charge in [-0.15, -0.1) is 0 Å². The Morgan fingerprint density at radius 2 is 1.91 bits per heavy atom. The molecule has 4 rings (SSSR count). The van der Waals surface area contributed by atoms with Gasteiger partial charge in [-0.25, -0.2) is 0 Å². The number of halogens is 3. The van der Waals surface area contributed by atoms with E-state index in [9.17, 15) is 0 Å². The van der Waals surface area contributed by atoms with Gasteiger partial charge in [0.2, 0.25) is 0 Å². The van der Waals surface area contributed by atoms with Crippen molar-refractivity contribution in [2.45, 2.75) is 17.5 Å². The first-order valence-corrected chi connectivity index (χ1v) is 20.3. The molecule has 0 bridgehead atoms. The van der Waals surface area contributed by atoms with E-state index in [0.29, 0.717) is 0 Å². The monoisotopic (exact) mass is 502 g/mol. The zero-order valence-corrected chi connectivity index (χ0v) is 19.1. The van der Waals surface area contributed by atoms with Crippen LogP contribution in [0.1, 0.15) is 28.6 Å².